The Bertz CT molecular complexity index is 1670. The molecule has 0 bridgehead atoms. The molecule has 244 valence electrons. The number of likely N-dealkylation sites (tertiary alicyclic amines) is 1. The molecular formula is C34H38F4N6O2. The van der Waals surface area contributed by atoms with E-state index in [2.05, 4.69) is 11.0 Å². The highest BCUT2D eigenvalue weighted by Crippen LogP contribution is 2.33. The van der Waals surface area contributed by atoms with Gasteiger partial charge in [0.05, 0.1) is 40.9 Å². The molecule has 5 rings (SSSR count). The zero-order valence-electron chi connectivity index (χ0n) is 26.3. The lowest BCUT2D eigenvalue weighted by Crippen LogP contribution is -2.44. The van der Waals surface area contributed by atoms with Gasteiger partial charge in [0, 0.05) is 19.6 Å². The number of benzene rings is 2. The normalized spacial score (nSPS) is 16.5. The molecule has 0 aliphatic carbocycles. The van der Waals surface area contributed by atoms with Crippen molar-refractivity contribution in [3.8, 4) is 11.8 Å². The van der Waals surface area contributed by atoms with Crippen molar-refractivity contribution < 1.29 is 22.4 Å². The second-order valence-corrected chi connectivity index (χ2v) is 12.2. The van der Waals surface area contributed by atoms with Crippen LogP contribution in [0.4, 0.5) is 23.4 Å². The largest absolute Gasteiger partial charge is 0.419 e. The minimum Gasteiger partial charge on any atom is -0.356 e. The Hall–Kier alpha value is -4.24. The molecule has 0 saturated carbocycles. The molecule has 3 heterocycles. The van der Waals surface area contributed by atoms with Crippen molar-refractivity contribution in [3.05, 3.63) is 86.7 Å². The Balaban J connectivity index is 1.61. The van der Waals surface area contributed by atoms with Gasteiger partial charge < -0.3 is 14.7 Å². The third-order valence-corrected chi connectivity index (χ3v) is 9.12. The molecule has 1 saturated heterocycles. The summed E-state index contributed by atoms with van der Waals surface area (Å²) in [6, 6.07) is 10.5. The van der Waals surface area contributed by atoms with E-state index in [-0.39, 0.29) is 23.5 Å². The number of halogens is 4. The zero-order valence-corrected chi connectivity index (χ0v) is 26.3. The first-order valence-corrected chi connectivity index (χ1v) is 15.7. The SMILES string of the molecule is CCN1CCCc2c1nc([C@@H](C)N(CC1CCN(C)CC1)C(=O)Cc1ccc(F)c(C(F)(F)F)c1)n(-c1ccc(C#N)cc1)c2=O. The highest BCUT2D eigenvalue weighted by molar-refractivity contribution is 5.79. The van der Waals surface area contributed by atoms with E-state index in [0.717, 1.165) is 45.0 Å². The van der Waals surface area contributed by atoms with Crippen molar-refractivity contribution in [3.63, 3.8) is 0 Å². The van der Waals surface area contributed by atoms with Crippen LogP contribution in [0.3, 0.4) is 0 Å². The number of hydrogen-bond acceptors (Lipinski definition) is 6. The van der Waals surface area contributed by atoms with Gasteiger partial charge in [-0.15, -0.1) is 0 Å². The summed E-state index contributed by atoms with van der Waals surface area (Å²) in [6.45, 7) is 7.14. The van der Waals surface area contributed by atoms with Crippen LogP contribution in [0.25, 0.3) is 5.69 Å². The van der Waals surface area contributed by atoms with Gasteiger partial charge >= 0.3 is 6.18 Å². The molecule has 46 heavy (non-hydrogen) atoms. The summed E-state index contributed by atoms with van der Waals surface area (Å²) < 4.78 is 56.1. The summed E-state index contributed by atoms with van der Waals surface area (Å²) in [5, 5.41) is 9.35. The van der Waals surface area contributed by atoms with Gasteiger partial charge in [-0.1, -0.05) is 6.07 Å². The van der Waals surface area contributed by atoms with Crippen LogP contribution in [0, 0.1) is 23.1 Å². The second-order valence-electron chi connectivity index (χ2n) is 12.2. The predicted molar refractivity (Wildman–Crippen MR) is 166 cm³/mol. The van der Waals surface area contributed by atoms with Crippen molar-refractivity contribution in [1.29, 1.82) is 5.26 Å². The quantitative estimate of drug-likeness (QED) is 0.303. The molecule has 1 aromatic heterocycles. The average Bonchev–Trinajstić information content (AvgIpc) is 3.04. The van der Waals surface area contributed by atoms with E-state index >= 15 is 0 Å². The van der Waals surface area contributed by atoms with E-state index in [0.29, 0.717) is 54.0 Å². The van der Waals surface area contributed by atoms with Crippen LogP contribution in [-0.4, -0.2) is 65.0 Å². The monoisotopic (exact) mass is 638 g/mol. The molecule has 1 fully saturated rings. The molecule has 3 aromatic rings. The molecule has 2 aromatic carbocycles. The molecule has 0 radical (unpaired) electrons. The van der Waals surface area contributed by atoms with Gasteiger partial charge in [-0.2, -0.15) is 18.4 Å². The third-order valence-electron chi connectivity index (χ3n) is 9.12. The van der Waals surface area contributed by atoms with Crippen LogP contribution in [0.15, 0.2) is 47.3 Å². The van der Waals surface area contributed by atoms with Crippen LogP contribution in [0.2, 0.25) is 0 Å². The number of aromatic nitrogens is 2. The first kappa shape index (κ1) is 33.1. The Morgan fingerprint density at radius 3 is 2.46 bits per heavy atom. The number of fused-ring (bicyclic) bond motifs is 1. The predicted octanol–water partition coefficient (Wildman–Crippen LogP) is 5.51. The Kier molecular flexibility index (Phi) is 9.82. The maximum Gasteiger partial charge on any atom is 0.419 e. The number of anilines is 1. The first-order valence-electron chi connectivity index (χ1n) is 15.7. The first-order chi connectivity index (χ1) is 21.9. The van der Waals surface area contributed by atoms with Gasteiger partial charge in [0.25, 0.3) is 5.56 Å². The van der Waals surface area contributed by atoms with Crippen molar-refractivity contribution in [2.24, 2.45) is 5.92 Å². The van der Waals surface area contributed by atoms with Crippen molar-refractivity contribution in [2.75, 3.05) is 44.7 Å². The van der Waals surface area contributed by atoms with Crippen LogP contribution < -0.4 is 10.5 Å². The van der Waals surface area contributed by atoms with Gasteiger partial charge in [-0.05, 0) is 108 Å². The number of nitriles is 1. The minimum atomic E-state index is -4.90. The molecule has 2 aliphatic heterocycles. The standard InChI is InChI=1S/C34H38F4N6O2/c1-4-42-15-5-6-27-32(42)40-31(44(33(27)46)26-10-7-23(20-39)8-11-26)22(2)43(21-24-13-16-41(3)17-14-24)30(45)19-25-9-12-29(35)28(18-25)34(36,37)38/h7-12,18,22,24H,4-6,13-17,19,21H2,1-3H3/t22-/m1/s1. The van der Waals surface area contributed by atoms with E-state index < -0.39 is 29.5 Å². The zero-order chi connectivity index (χ0) is 33.2. The Morgan fingerprint density at radius 1 is 1.13 bits per heavy atom. The molecule has 0 spiro atoms. The summed E-state index contributed by atoms with van der Waals surface area (Å²) in [4.78, 5) is 39.2. The number of carbonyl (C=O) groups excluding carboxylic acids is 1. The molecule has 2 aliphatic rings. The van der Waals surface area contributed by atoms with Crippen LogP contribution >= 0.6 is 0 Å². The third kappa shape index (κ3) is 6.94. The van der Waals surface area contributed by atoms with E-state index in [1.54, 1.807) is 36.1 Å². The van der Waals surface area contributed by atoms with E-state index in [4.69, 9.17) is 4.98 Å². The maximum absolute atomic E-state index is 14.2. The summed E-state index contributed by atoms with van der Waals surface area (Å²) in [6.07, 6.45) is -2.30. The van der Waals surface area contributed by atoms with Crippen molar-refractivity contribution in [1.82, 2.24) is 19.4 Å². The van der Waals surface area contributed by atoms with Crippen LogP contribution in [0.1, 0.15) is 67.2 Å². The molecule has 0 N–H and O–H groups in total. The molecule has 0 unspecified atom stereocenters. The number of nitrogens with zero attached hydrogens (tertiary/aromatic N) is 6. The van der Waals surface area contributed by atoms with Gasteiger partial charge in [0.15, 0.2) is 0 Å². The fraction of sp³-hybridized carbons (Fsp3) is 0.471. The Morgan fingerprint density at radius 2 is 1.83 bits per heavy atom. The number of rotatable bonds is 8. The average molecular weight is 639 g/mol. The molecule has 1 amide bonds. The van der Waals surface area contributed by atoms with Gasteiger partial charge in [0.1, 0.15) is 17.5 Å². The maximum atomic E-state index is 14.2. The smallest absolute Gasteiger partial charge is 0.356 e. The van der Waals surface area contributed by atoms with E-state index in [9.17, 15) is 32.4 Å². The molecular weight excluding hydrogens is 600 g/mol. The van der Waals surface area contributed by atoms with Crippen molar-refractivity contribution >= 4 is 11.7 Å². The van der Waals surface area contributed by atoms with E-state index in [1.807, 2.05) is 18.9 Å². The molecule has 12 heteroatoms. The highest BCUT2D eigenvalue weighted by Gasteiger charge is 2.36. The van der Waals surface area contributed by atoms with Gasteiger partial charge in [-0.25, -0.2) is 9.37 Å². The van der Waals surface area contributed by atoms with Gasteiger partial charge in [0.2, 0.25) is 5.91 Å². The fourth-order valence-electron chi connectivity index (χ4n) is 6.43. The number of carbonyl (C=O) groups is 1. The lowest BCUT2D eigenvalue weighted by atomic mass is 9.95. The lowest BCUT2D eigenvalue weighted by Gasteiger charge is -2.37. The fourth-order valence-corrected chi connectivity index (χ4v) is 6.43. The highest BCUT2D eigenvalue weighted by atomic mass is 19.4. The number of hydrogen-bond donors (Lipinski definition) is 0. The van der Waals surface area contributed by atoms with Crippen LogP contribution in [0.5, 0.6) is 0 Å². The summed E-state index contributed by atoms with van der Waals surface area (Å²) in [5.74, 6) is -0.820. The molecule has 1 atom stereocenters. The lowest BCUT2D eigenvalue weighted by molar-refractivity contribution is -0.140. The number of amides is 1. The number of alkyl halides is 3. The topological polar surface area (TPSA) is 85.5 Å². The summed E-state index contributed by atoms with van der Waals surface area (Å²) in [7, 11) is 2.03. The summed E-state index contributed by atoms with van der Waals surface area (Å²) in [5.41, 5.74) is -0.138. The van der Waals surface area contributed by atoms with Crippen molar-refractivity contribution in [2.45, 2.75) is 58.2 Å². The summed E-state index contributed by atoms with van der Waals surface area (Å²) >= 11 is 0. The minimum absolute atomic E-state index is 0.0411. The van der Waals surface area contributed by atoms with Crippen LogP contribution in [-0.2, 0) is 23.8 Å². The number of piperidine rings is 1. The Labute approximate surface area is 265 Å². The second kappa shape index (κ2) is 13.6. The van der Waals surface area contributed by atoms with Gasteiger partial charge in [-0.3, -0.25) is 14.2 Å². The van der Waals surface area contributed by atoms with E-state index in [1.165, 1.54) is 10.6 Å². The molecule has 8 nitrogen and oxygen atoms in total.